The Morgan fingerprint density at radius 1 is 1.20 bits per heavy atom. The van der Waals surface area contributed by atoms with Crippen LogP contribution in [0.15, 0.2) is 18.3 Å². The molecule has 0 spiro atoms. The van der Waals surface area contributed by atoms with Crippen LogP contribution in [0.2, 0.25) is 0 Å². The van der Waals surface area contributed by atoms with E-state index in [4.69, 9.17) is 9.31 Å². The summed E-state index contributed by atoms with van der Waals surface area (Å²) in [5.41, 5.74) is 1.50. The van der Waals surface area contributed by atoms with Crippen LogP contribution in [0.4, 0.5) is 0 Å². The molecule has 108 valence electrons. The first-order chi connectivity index (χ1) is 9.39. The van der Waals surface area contributed by atoms with Gasteiger partial charge in [-0.1, -0.05) is 6.07 Å². The quantitative estimate of drug-likeness (QED) is 0.835. The van der Waals surface area contributed by atoms with Gasteiger partial charge in [0.15, 0.2) is 0 Å². The first kappa shape index (κ1) is 14.0. The fourth-order valence-electron chi connectivity index (χ4n) is 2.68. The first-order valence-electron chi connectivity index (χ1n) is 7.44. The summed E-state index contributed by atoms with van der Waals surface area (Å²) in [5.74, 6) is 0. The maximum atomic E-state index is 6.04. The van der Waals surface area contributed by atoms with E-state index in [1.54, 1.807) is 0 Å². The van der Waals surface area contributed by atoms with E-state index in [0.717, 1.165) is 17.7 Å². The molecule has 0 bridgehead atoms. The number of nitrogens with one attached hydrogen (secondary N) is 1. The third-order valence-electron chi connectivity index (χ3n) is 4.75. The van der Waals surface area contributed by atoms with Crippen LogP contribution in [-0.2, 0) is 9.31 Å². The molecule has 2 saturated heterocycles. The molecular weight excluding hydrogens is 251 g/mol. The van der Waals surface area contributed by atoms with Gasteiger partial charge in [0.1, 0.15) is 0 Å². The third kappa shape index (κ3) is 2.38. The van der Waals surface area contributed by atoms with Gasteiger partial charge in [-0.2, -0.15) is 0 Å². The van der Waals surface area contributed by atoms with E-state index in [0.29, 0.717) is 6.04 Å². The molecule has 1 atom stereocenters. The number of aromatic nitrogens is 1. The Morgan fingerprint density at radius 3 is 2.40 bits per heavy atom. The van der Waals surface area contributed by atoms with E-state index in [9.17, 15) is 0 Å². The molecule has 2 aliphatic rings. The lowest BCUT2D eigenvalue weighted by atomic mass is 9.80. The largest absolute Gasteiger partial charge is 0.496 e. The number of hydrogen-bond acceptors (Lipinski definition) is 4. The second-order valence-electron chi connectivity index (χ2n) is 6.75. The van der Waals surface area contributed by atoms with E-state index in [2.05, 4.69) is 50.1 Å². The summed E-state index contributed by atoms with van der Waals surface area (Å²) < 4.78 is 12.1. The Kier molecular flexibility index (Phi) is 3.39. The van der Waals surface area contributed by atoms with Crippen LogP contribution < -0.4 is 10.8 Å². The molecule has 5 heteroatoms. The molecule has 20 heavy (non-hydrogen) atoms. The van der Waals surface area contributed by atoms with Gasteiger partial charge in [-0.3, -0.25) is 4.98 Å². The van der Waals surface area contributed by atoms with Gasteiger partial charge in [-0.25, -0.2) is 0 Å². The summed E-state index contributed by atoms with van der Waals surface area (Å²) in [4.78, 5) is 4.58. The van der Waals surface area contributed by atoms with E-state index >= 15 is 0 Å². The van der Waals surface area contributed by atoms with Gasteiger partial charge >= 0.3 is 7.12 Å². The first-order valence-corrected chi connectivity index (χ1v) is 7.44. The predicted molar refractivity (Wildman–Crippen MR) is 79.9 cm³/mol. The van der Waals surface area contributed by atoms with Crippen LogP contribution in [0.3, 0.4) is 0 Å². The summed E-state index contributed by atoms with van der Waals surface area (Å²) in [6.07, 6.45) is 4.28. The molecule has 4 nitrogen and oxygen atoms in total. The molecule has 0 aromatic carbocycles. The van der Waals surface area contributed by atoms with Crippen molar-refractivity contribution in [3.05, 3.63) is 24.0 Å². The molecule has 1 N–H and O–H groups in total. The summed E-state index contributed by atoms with van der Waals surface area (Å²) in [5, 5.41) is 3.46. The van der Waals surface area contributed by atoms with E-state index < -0.39 is 0 Å². The zero-order chi connectivity index (χ0) is 14.4. The van der Waals surface area contributed by atoms with Crippen LogP contribution in [0, 0.1) is 0 Å². The molecule has 3 heterocycles. The lowest BCUT2D eigenvalue weighted by Crippen LogP contribution is -2.41. The lowest BCUT2D eigenvalue weighted by molar-refractivity contribution is 0.00578. The van der Waals surface area contributed by atoms with Crippen molar-refractivity contribution in [1.82, 2.24) is 10.3 Å². The van der Waals surface area contributed by atoms with Crippen LogP contribution >= 0.6 is 0 Å². The van der Waals surface area contributed by atoms with Crippen molar-refractivity contribution in [2.24, 2.45) is 0 Å². The highest BCUT2D eigenvalue weighted by atomic mass is 16.7. The Labute approximate surface area is 121 Å². The van der Waals surface area contributed by atoms with Crippen molar-refractivity contribution < 1.29 is 9.31 Å². The fourth-order valence-corrected chi connectivity index (χ4v) is 2.68. The smallest absolute Gasteiger partial charge is 0.399 e. The standard InChI is InChI=1S/C15H23BN2O2/c1-14(2)15(3,4)20-16(19-14)11-7-8-13(18-10-11)12-6-5-9-17-12/h7-8,10,12,17H,5-6,9H2,1-4H3/t12-/m0/s1. The average Bonchev–Trinajstić information content (AvgIpc) is 2.97. The van der Waals surface area contributed by atoms with Crippen LogP contribution in [-0.4, -0.2) is 29.8 Å². The topological polar surface area (TPSA) is 43.4 Å². The van der Waals surface area contributed by atoms with Gasteiger partial charge in [0.2, 0.25) is 0 Å². The van der Waals surface area contributed by atoms with E-state index in [-0.39, 0.29) is 18.3 Å². The van der Waals surface area contributed by atoms with Gasteiger partial charge in [0.05, 0.1) is 16.9 Å². The average molecular weight is 274 g/mol. The summed E-state index contributed by atoms with van der Waals surface area (Å²) in [6.45, 7) is 9.36. The van der Waals surface area contributed by atoms with Gasteiger partial charge in [-0.15, -0.1) is 0 Å². The van der Waals surface area contributed by atoms with Gasteiger partial charge in [0, 0.05) is 17.7 Å². The number of pyridine rings is 1. The summed E-state index contributed by atoms with van der Waals surface area (Å²) >= 11 is 0. The number of hydrogen-bond donors (Lipinski definition) is 1. The Hall–Kier alpha value is -0.905. The van der Waals surface area contributed by atoms with Gasteiger partial charge < -0.3 is 14.6 Å². The maximum Gasteiger partial charge on any atom is 0.496 e. The van der Waals surface area contributed by atoms with Gasteiger partial charge in [0.25, 0.3) is 0 Å². The molecule has 1 aromatic rings. The molecule has 2 aliphatic heterocycles. The minimum absolute atomic E-state index is 0.302. The minimum Gasteiger partial charge on any atom is -0.399 e. The zero-order valence-corrected chi connectivity index (χ0v) is 12.8. The molecule has 0 saturated carbocycles. The summed E-state index contributed by atoms with van der Waals surface area (Å²) in [6, 6.07) is 4.57. The Balaban J connectivity index is 1.75. The highest BCUT2D eigenvalue weighted by molar-refractivity contribution is 6.62. The van der Waals surface area contributed by atoms with Crippen molar-refractivity contribution in [2.45, 2.75) is 57.8 Å². The molecule has 0 unspecified atom stereocenters. The monoisotopic (exact) mass is 274 g/mol. The molecule has 0 aliphatic carbocycles. The third-order valence-corrected chi connectivity index (χ3v) is 4.75. The molecular formula is C15H23BN2O2. The zero-order valence-electron chi connectivity index (χ0n) is 12.8. The number of nitrogens with zero attached hydrogens (tertiary/aromatic N) is 1. The van der Waals surface area contributed by atoms with E-state index in [1.165, 1.54) is 12.8 Å². The highest BCUT2D eigenvalue weighted by Gasteiger charge is 2.51. The molecule has 0 radical (unpaired) electrons. The summed E-state index contributed by atoms with van der Waals surface area (Å²) in [7, 11) is -0.321. The highest BCUT2D eigenvalue weighted by Crippen LogP contribution is 2.36. The van der Waals surface area contributed by atoms with Crippen molar-refractivity contribution in [3.8, 4) is 0 Å². The van der Waals surface area contributed by atoms with Gasteiger partial charge in [-0.05, 0) is 53.1 Å². The molecule has 3 rings (SSSR count). The van der Waals surface area contributed by atoms with Crippen molar-refractivity contribution >= 4 is 12.6 Å². The van der Waals surface area contributed by atoms with Crippen molar-refractivity contribution in [1.29, 1.82) is 0 Å². The maximum absolute atomic E-state index is 6.04. The van der Waals surface area contributed by atoms with Crippen molar-refractivity contribution in [3.63, 3.8) is 0 Å². The number of rotatable bonds is 2. The van der Waals surface area contributed by atoms with Crippen LogP contribution in [0.5, 0.6) is 0 Å². The minimum atomic E-state index is -0.321. The fraction of sp³-hybridized carbons (Fsp3) is 0.667. The second-order valence-corrected chi connectivity index (χ2v) is 6.75. The Bertz CT molecular complexity index is 465. The van der Waals surface area contributed by atoms with E-state index in [1.807, 2.05) is 6.20 Å². The lowest BCUT2D eigenvalue weighted by Gasteiger charge is -2.32. The SMILES string of the molecule is CC1(C)OB(c2ccc([C@@H]3CCCN3)nc2)OC1(C)C. The Morgan fingerprint density at radius 2 is 1.90 bits per heavy atom. The molecule has 2 fully saturated rings. The van der Waals surface area contributed by atoms with Crippen LogP contribution in [0.25, 0.3) is 0 Å². The molecule has 0 amide bonds. The van der Waals surface area contributed by atoms with Crippen LogP contribution in [0.1, 0.15) is 52.3 Å². The van der Waals surface area contributed by atoms with Crippen molar-refractivity contribution in [2.75, 3.05) is 6.54 Å². The second kappa shape index (κ2) is 4.83. The predicted octanol–water partition coefficient (Wildman–Crippen LogP) is 1.81. The normalized spacial score (nSPS) is 28.0. The molecule has 1 aromatic heterocycles.